The Labute approximate surface area is 188 Å². The van der Waals surface area contributed by atoms with Crippen LogP contribution in [0.15, 0.2) is 42.5 Å². The maximum absolute atomic E-state index is 7.74. The predicted octanol–water partition coefficient (Wildman–Crippen LogP) is 3.76. The SMILES string of the molecule is CCn1c(COc2ccc(OC3CCN(C(C)=N)CC3)cc2)nc2cc(C(=N)N)ccc21. The molecule has 2 heterocycles. The Morgan fingerprint density at radius 3 is 2.41 bits per heavy atom. The van der Waals surface area contributed by atoms with Gasteiger partial charge in [-0.2, -0.15) is 0 Å². The van der Waals surface area contributed by atoms with Crippen LogP contribution in [0.3, 0.4) is 0 Å². The lowest BCUT2D eigenvalue weighted by Crippen LogP contribution is -2.40. The normalized spacial score (nSPS) is 14.5. The smallest absolute Gasteiger partial charge is 0.147 e. The molecule has 8 nitrogen and oxygen atoms in total. The first-order valence-electron chi connectivity index (χ1n) is 11.0. The summed E-state index contributed by atoms with van der Waals surface area (Å²) >= 11 is 0. The molecule has 4 rings (SSSR count). The minimum atomic E-state index is 0.0356. The summed E-state index contributed by atoms with van der Waals surface area (Å²) in [6.45, 7) is 6.76. The van der Waals surface area contributed by atoms with Crippen molar-refractivity contribution in [3.63, 3.8) is 0 Å². The number of nitrogen functional groups attached to an aromatic ring is 1. The third kappa shape index (κ3) is 4.69. The second kappa shape index (κ2) is 9.30. The minimum Gasteiger partial charge on any atom is -0.490 e. The van der Waals surface area contributed by atoms with Crippen molar-refractivity contribution in [1.29, 1.82) is 10.8 Å². The number of amidine groups is 2. The van der Waals surface area contributed by atoms with E-state index >= 15 is 0 Å². The molecule has 0 spiro atoms. The first kappa shape index (κ1) is 21.7. The quantitative estimate of drug-likeness (QED) is 0.387. The van der Waals surface area contributed by atoms with Gasteiger partial charge in [-0.3, -0.25) is 10.8 Å². The van der Waals surface area contributed by atoms with Crippen molar-refractivity contribution in [2.45, 2.75) is 45.9 Å². The van der Waals surface area contributed by atoms with Crippen LogP contribution in [0.4, 0.5) is 0 Å². The number of ether oxygens (including phenoxy) is 2. The first-order chi connectivity index (χ1) is 15.4. The lowest BCUT2D eigenvalue weighted by molar-refractivity contribution is 0.130. The first-order valence-corrected chi connectivity index (χ1v) is 11.0. The van der Waals surface area contributed by atoms with E-state index in [-0.39, 0.29) is 11.9 Å². The number of hydrogen-bond acceptors (Lipinski definition) is 5. The van der Waals surface area contributed by atoms with Gasteiger partial charge in [0.1, 0.15) is 35.9 Å². The molecule has 4 N–H and O–H groups in total. The van der Waals surface area contributed by atoms with Crippen LogP contribution in [-0.2, 0) is 13.2 Å². The van der Waals surface area contributed by atoms with E-state index in [2.05, 4.69) is 16.4 Å². The van der Waals surface area contributed by atoms with Crippen molar-refractivity contribution in [1.82, 2.24) is 14.5 Å². The molecule has 8 heteroatoms. The van der Waals surface area contributed by atoms with Crippen molar-refractivity contribution in [3.8, 4) is 11.5 Å². The number of nitrogens with zero attached hydrogens (tertiary/aromatic N) is 3. The van der Waals surface area contributed by atoms with E-state index in [9.17, 15) is 0 Å². The number of nitrogens with two attached hydrogens (primary N) is 1. The standard InChI is InChI=1S/C24H30N6O2/c1-3-30-22-9-4-17(24(26)27)14-21(22)28-23(30)15-31-18-5-7-19(8-6-18)32-20-10-12-29(13-11-20)16(2)25/h4-9,14,20,25H,3,10-13,15H2,1-2H3,(H3,26,27). The molecule has 0 aliphatic carbocycles. The highest BCUT2D eigenvalue weighted by Gasteiger charge is 2.20. The Balaban J connectivity index is 1.37. The molecule has 0 radical (unpaired) electrons. The van der Waals surface area contributed by atoms with Crippen LogP contribution in [0.1, 0.15) is 38.1 Å². The number of rotatable bonds is 7. The van der Waals surface area contributed by atoms with Crippen molar-refractivity contribution in [3.05, 3.63) is 53.9 Å². The molecular weight excluding hydrogens is 404 g/mol. The van der Waals surface area contributed by atoms with Crippen LogP contribution in [0, 0.1) is 10.8 Å². The summed E-state index contributed by atoms with van der Waals surface area (Å²) in [5.74, 6) is 3.08. The number of benzene rings is 2. The lowest BCUT2D eigenvalue weighted by Gasteiger charge is -2.32. The molecule has 168 valence electrons. The van der Waals surface area contributed by atoms with E-state index in [0.717, 1.165) is 60.8 Å². The molecule has 1 aliphatic rings. The number of likely N-dealkylation sites (tertiary alicyclic amines) is 1. The molecule has 1 fully saturated rings. The maximum atomic E-state index is 7.74. The van der Waals surface area contributed by atoms with Gasteiger partial charge in [-0.15, -0.1) is 0 Å². The van der Waals surface area contributed by atoms with Gasteiger partial charge in [-0.25, -0.2) is 4.98 Å². The van der Waals surface area contributed by atoms with Crippen LogP contribution >= 0.6 is 0 Å². The van der Waals surface area contributed by atoms with Crippen LogP contribution in [0.5, 0.6) is 11.5 Å². The van der Waals surface area contributed by atoms with Gasteiger partial charge >= 0.3 is 0 Å². The molecule has 1 aromatic heterocycles. The monoisotopic (exact) mass is 434 g/mol. The number of fused-ring (bicyclic) bond motifs is 1. The Bertz CT molecular complexity index is 1110. The highest BCUT2D eigenvalue weighted by Crippen LogP contribution is 2.24. The molecule has 32 heavy (non-hydrogen) atoms. The summed E-state index contributed by atoms with van der Waals surface area (Å²) in [7, 11) is 0. The summed E-state index contributed by atoms with van der Waals surface area (Å²) in [5.41, 5.74) is 8.09. The van der Waals surface area contributed by atoms with E-state index in [1.54, 1.807) is 0 Å². The largest absolute Gasteiger partial charge is 0.490 e. The van der Waals surface area contributed by atoms with Gasteiger partial charge in [0.2, 0.25) is 0 Å². The highest BCUT2D eigenvalue weighted by molar-refractivity contribution is 5.98. The number of hydrogen-bond donors (Lipinski definition) is 3. The van der Waals surface area contributed by atoms with Crippen LogP contribution in [0.25, 0.3) is 11.0 Å². The Hall–Kier alpha value is -3.55. The number of aryl methyl sites for hydroxylation is 1. The van der Waals surface area contributed by atoms with Gasteiger partial charge < -0.3 is 24.7 Å². The lowest BCUT2D eigenvalue weighted by atomic mass is 10.1. The third-order valence-electron chi connectivity index (χ3n) is 5.87. The van der Waals surface area contributed by atoms with Gasteiger partial charge in [0.15, 0.2) is 0 Å². The van der Waals surface area contributed by atoms with E-state index in [4.69, 9.17) is 31.0 Å². The molecule has 1 aliphatic heterocycles. The summed E-state index contributed by atoms with van der Waals surface area (Å²) in [5, 5.41) is 15.4. The Morgan fingerprint density at radius 2 is 1.78 bits per heavy atom. The fourth-order valence-corrected chi connectivity index (χ4v) is 4.07. The van der Waals surface area contributed by atoms with Crippen molar-refractivity contribution >= 4 is 22.7 Å². The third-order valence-corrected chi connectivity index (χ3v) is 5.87. The molecule has 0 saturated carbocycles. The fourth-order valence-electron chi connectivity index (χ4n) is 4.07. The average molecular weight is 435 g/mol. The van der Waals surface area contributed by atoms with Crippen molar-refractivity contribution in [2.75, 3.05) is 13.1 Å². The second-order valence-electron chi connectivity index (χ2n) is 8.04. The topological polar surface area (TPSA) is 113 Å². The van der Waals surface area contributed by atoms with E-state index < -0.39 is 0 Å². The second-order valence-corrected chi connectivity index (χ2v) is 8.04. The number of nitrogens with one attached hydrogen (secondary N) is 2. The highest BCUT2D eigenvalue weighted by atomic mass is 16.5. The molecule has 0 bridgehead atoms. The van der Waals surface area contributed by atoms with E-state index in [1.165, 1.54) is 0 Å². The molecule has 0 atom stereocenters. The molecule has 1 saturated heterocycles. The Kier molecular flexibility index (Phi) is 6.30. The minimum absolute atomic E-state index is 0.0356. The van der Waals surface area contributed by atoms with Crippen LogP contribution in [0.2, 0.25) is 0 Å². The molecule has 0 amide bonds. The van der Waals surface area contributed by atoms with Gasteiger partial charge in [0.05, 0.1) is 16.9 Å². The van der Waals surface area contributed by atoms with E-state index in [1.807, 2.05) is 49.4 Å². The van der Waals surface area contributed by atoms with Crippen molar-refractivity contribution in [2.24, 2.45) is 5.73 Å². The zero-order valence-corrected chi connectivity index (χ0v) is 18.6. The summed E-state index contributed by atoms with van der Waals surface area (Å²) in [4.78, 5) is 6.78. The van der Waals surface area contributed by atoms with Crippen LogP contribution < -0.4 is 15.2 Å². The summed E-state index contributed by atoms with van der Waals surface area (Å²) in [6, 6.07) is 13.3. The summed E-state index contributed by atoms with van der Waals surface area (Å²) < 4.78 is 14.2. The van der Waals surface area contributed by atoms with Crippen molar-refractivity contribution < 1.29 is 9.47 Å². The predicted molar refractivity (Wildman–Crippen MR) is 126 cm³/mol. The average Bonchev–Trinajstić information content (AvgIpc) is 3.15. The molecular formula is C24H30N6O2. The maximum Gasteiger partial charge on any atom is 0.147 e. The van der Waals surface area contributed by atoms with Gasteiger partial charge in [-0.1, -0.05) is 0 Å². The van der Waals surface area contributed by atoms with Gasteiger partial charge in [-0.05, 0) is 56.3 Å². The molecule has 2 aromatic carbocycles. The van der Waals surface area contributed by atoms with E-state index in [0.29, 0.717) is 18.0 Å². The van der Waals surface area contributed by atoms with Crippen LogP contribution in [-0.4, -0.2) is 45.3 Å². The number of imidazole rings is 1. The zero-order chi connectivity index (χ0) is 22.7. The summed E-state index contributed by atoms with van der Waals surface area (Å²) in [6.07, 6.45) is 2.03. The number of piperidine rings is 1. The van der Waals surface area contributed by atoms with Gasteiger partial charge in [0, 0.05) is 38.0 Å². The Morgan fingerprint density at radius 1 is 1.09 bits per heavy atom. The number of aromatic nitrogens is 2. The fraction of sp³-hybridized carbons (Fsp3) is 0.375. The zero-order valence-electron chi connectivity index (χ0n) is 18.6. The molecule has 0 unspecified atom stereocenters. The van der Waals surface area contributed by atoms with Gasteiger partial charge in [0.25, 0.3) is 0 Å². The molecule has 3 aromatic rings.